The number of allylic oxidation sites excluding steroid dienone is 2. The van der Waals surface area contributed by atoms with Crippen molar-refractivity contribution in [2.75, 3.05) is 19.6 Å². The van der Waals surface area contributed by atoms with Crippen LogP contribution in [0.5, 0.6) is 0 Å². The zero-order valence-corrected chi connectivity index (χ0v) is 8.99. The van der Waals surface area contributed by atoms with Gasteiger partial charge in [0.15, 0.2) is 0 Å². The first-order valence-corrected chi connectivity index (χ1v) is 5.97. The Hall–Kier alpha value is -0.340. The molecule has 0 aromatic carbocycles. The molecular formula is C12H22N2. The molecule has 2 aliphatic rings. The van der Waals surface area contributed by atoms with Crippen LogP contribution in [0.3, 0.4) is 0 Å². The molecule has 2 N–H and O–H groups in total. The summed E-state index contributed by atoms with van der Waals surface area (Å²) >= 11 is 0. The molecule has 0 saturated carbocycles. The molecular weight excluding hydrogens is 172 g/mol. The summed E-state index contributed by atoms with van der Waals surface area (Å²) in [6.45, 7) is 3.75. The second-order valence-electron chi connectivity index (χ2n) is 4.79. The van der Waals surface area contributed by atoms with Gasteiger partial charge in [0.05, 0.1) is 0 Å². The van der Waals surface area contributed by atoms with Gasteiger partial charge >= 0.3 is 0 Å². The lowest BCUT2D eigenvalue weighted by atomic mass is 9.93. The van der Waals surface area contributed by atoms with Crippen molar-refractivity contribution in [3.8, 4) is 0 Å². The molecule has 0 unspecified atom stereocenters. The van der Waals surface area contributed by atoms with Gasteiger partial charge in [-0.3, -0.25) is 0 Å². The standard InChI is InChI=1S/C12H22N2/c13-12-6-8-14(9-7-12)10-11-4-2-1-3-5-11/h1-2,11-12H,3-10,13H2/t11-/m0/s1. The van der Waals surface area contributed by atoms with Crippen molar-refractivity contribution in [3.05, 3.63) is 12.2 Å². The minimum atomic E-state index is 0.470. The van der Waals surface area contributed by atoms with Crippen molar-refractivity contribution in [2.24, 2.45) is 11.7 Å². The highest BCUT2D eigenvalue weighted by Gasteiger charge is 2.19. The third-order valence-corrected chi connectivity index (χ3v) is 3.53. The summed E-state index contributed by atoms with van der Waals surface area (Å²) < 4.78 is 0. The fraction of sp³-hybridized carbons (Fsp3) is 0.833. The molecule has 0 aromatic rings. The first-order valence-electron chi connectivity index (χ1n) is 5.97. The molecule has 2 rings (SSSR count). The van der Waals surface area contributed by atoms with Gasteiger partial charge in [-0.05, 0) is 51.1 Å². The van der Waals surface area contributed by atoms with Crippen LogP contribution < -0.4 is 5.73 Å². The maximum atomic E-state index is 5.89. The first kappa shape index (κ1) is 10.2. The van der Waals surface area contributed by atoms with E-state index in [-0.39, 0.29) is 0 Å². The fourth-order valence-corrected chi connectivity index (χ4v) is 2.52. The van der Waals surface area contributed by atoms with E-state index in [0.717, 1.165) is 5.92 Å². The Bertz CT molecular complexity index is 192. The Labute approximate surface area is 87.2 Å². The third-order valence-electron chi connectivity index (χ3n) is 3.53. The van der Waals surface area contributed by atoms with Crippen LogP contribution in [0.2, 0.25) is 0 Å². The highest BCUT2D eigenvalue weighted by molar-refractivity contribution is 4.91. The van der Waals surface area contributed by atoms with Crippen LogP contribution >= 0.6 is 0 Å². The molecule has 1 saturated heterocycles. The van der Waals surface area contributed by atoms with Crippen LogP contribution in [0.4, 0.5) is 0 Å². The highest BCUT2D eigenvalue weighted by atomic mass is 15.1. The molecule has 2 nitrogen and oxygen atoms in total. The molecule has 1 heterocycles. The number of likely N-dealkylation sites (tertiary alicyclic amines) is 1. The van der Waals surface area contributed by atoms with Crippen molar-refractivity contribution in [2.45, 2.75) is 38.1 Å². The van der Waals surface area contributed by atoms with Gasteiger partial charge in [-0.1, -0.05) is 12.2 Å². The van der Waals surface area contributed by atoms with Crippen molar-refractivity contribution in [1.29, 1.82) is 0 Å². The second kappa shape index (κ2) is 4.94. The summed E-state index contributed by atoms with van der Waals surface area (Å²) in [4.78, 5) is 2.60. The number of rotatable bonds is 2. The summed E-state index contributed by atoms with van der Waals surface area (Å²) in [6, 6.07) is 0.470. The zero-order chi connectivity index (χ0) is 9.80. The molecule has 1 atom stereocenters. The van der Waals surface area contributed by atoms with E-state index in [9.17, 15) is 0 Å². The maximum absolute atomic E-state index is 5.89. The fourth-order valence-electron chi connectivity index (χ4n) is 2.52. The molecule has 0 amide bonds. The summed E-state index contributed by atoms with van der Waals surface area (Å²) in [7, 11) is 0. The van der Waals surface area contributed by atoms with E-state index in [1.165, 1.54) is 51.7 Å². The SMILES string of the molecule is NC1CCN(C[C@H]2CC=CCC2)CC1. The third kappa shape index (κ3) is 2.82. The van der Waals surface area contributed by atoms with Crippen LogP contribution in [0.25, 0.3) is 0 Å². The summed E-state index contributed by atoms with van der Waals surface area (Å²) in [5, 5.41) is 0. The van der Waals surface area contributed by atoms with Crippen molar-refractivity contribution >= 4 is 0 Å². The van der Waals surface area contributed by atoms with Crippen molar-refractivity contribution in [3.63, 3.8) is 0 Å². The van der Waals surface area contributed by atoms with Crippen LogP contribution in [0.15, 0.2) is 12.2 Å². The minimum absolute atomic E-state index is 0.470. The van der Waals surface area contributed by atoms with E-state index in [0.29, 0.717) is 6.04 Å². The van der Waals surface area contributed by atoms with Gasteiger partial charge < -0.3 is 10.6 Å². The predicted molar refractivity (Wildman–Crippen MR) is 60.1 cm³/mol. The van der Waals surface area contributed by atoms with Gasteiger partial charge in [0.25, 0.3) is 0 Å². The van der Waals surface area contributed by atoms with Gasteiger partial charge in [0, 0.05) is 12.6 Å². The van der Waals surface area contributed by atoms with Crippen LogP contribution in [0, 0.1) is 5.92 Å². The summed E-state index contributed by atoms with van der Waals surface area (Å²) in [5.74, 6) is 0.911. The average Bonchev–Trinajstić information content (AvgIpc) is 2.23. The predicted octanol–water partition coefficient (Wildman–Crippen LogP) is 1.77. The molecule has 1 aliphatic heterocycles. The van der Waals surface area contributed by atoms with E-state index in [1.807, 2.05) is 0 Å². The Morgan fingerprint density at radius 3 is 2.57 bits per heavy atom. The lowest BCUT2D eigenvalue weighted by Gasteiger charge is -2.33. The largest absolute Gasteiger partial charge is 0.328 e. The zero-order valence-electron chi connectivity index (χ0n) is 8.99. The van der Waals surface area contributed by atoms with Gasteiger partial charge in [-0.2, -0.15) is 0 Å². The molecule has 0 radical (unpaired) electrons. The molecule has 1 fully saturated rings. The van der Waals surface area contributed by atoms with Crippen LogP contribution in [-0.4, -0.2) is 30.6 Å². The molecule has 2 heteroatoms. The second-order valence-corrected chi connectivity index (χ2v) is 4.79. The Morgan fingerprint density at radius 1 is 1.14 bits per heavy atom. The normalized spacial score (nSPS) is 30.8. The van der Waals surface area contributed by atoms with Gasteiger partial charge in [0.2, 0.25) is 0 Å². The van der Waals surface area contributed by atoms with E-state index >= 15 is 0 Å². The Kier molecular flexibility index (Phi) is 3.60. The molecule has 0 bridgehead atoms. The number of nitrogens with two attached hydrogens (primary N) is 1. The summed E-state index contributed by atoms with van der Waals surface area (Å²) in [5.41, 5.74) is 5.89. The van der Waals surface area contributed by atoms with E-state index in [2.05, 4.69) is 17.1 Å². The van der Waals surface area contributed by atoms with E-state index < -0.39 is 0 Å². The van der Waals surface area contributed by atoms with Gasteiger partial charge in [0.1, 0.15) is 0 Å². The van der Waals surface area contributed by atoms with E-state index in [1.54, 1.807) is 0 Å². The summed E-state index contributed by atoms with van der Waals surface area (Å²) in [6.07, 6.45) is 11.0. The lowest BCUT2D eigenvalue weighted by Crippen LogP contribution is -2.41. The maximum Gasteiger partial charge on any atom is 0.00631 e. The number of piperidine rings is 1. The van der Waals surface area contributed by atoms with Crippen molar-refractivity contribution in [1.82, 2.24) is 4.90 Å². The number of hydrogen-bond donors (Lipinski definition) is 1. The van der Waals surface area contributed by atoms with Gasteiger partial charge in [-0.15, -0.1) is 0 Å². The van der Waals surface area contributed by atoms with E-state index in [4.69, 9.17) is 5.73 Å². The smallest absolute Gasteiger partial charge is 0.00631 e. The number of hydrogen-bond acceptors (Lipinski definition) is 2. The van der Waals surface area contributed by atoms with Gasteiger partial charge in [-0.25, -0.2) is 0 Å². The average molecular weight is 194 g/mol. The molecule has 1 aliphatic carbocycles. The lowest BCUT2D eigenvalue weighted by molar-refractivity contribution is 0.178. The van der Waals surface area contributed by atoms with Crippen LogP contribution in [0.1, 0.15) is 32.1 Å². The minimum Gasteiger partial charge on any atom is -0.328 e. The molecule has 14 heavy (non-hydrogen) atoms. The number of nitrogens with zero attached hydrogens (tertiary/aromatic N) is 1. The highest BCUT2D eigenvalue weighted by Crippen LogP contribution is 2.20. The molecule has 80 valence electrons. The monoisotopic (exact) mass is 194 g/mol. The topological polar surface area (TPSA) is 29.3 Å². The van der Waals surface area contributed by atoms with Crippen LogP contribution in [-0.2, 0) is 0 Å². The van der Waals surface area contributed by atoms with Crippen molar-refractivity contribution < 1.29 is 0 Å². The molecule has 0 aromatic heterocycles. The Balaban J connectivity index is 1.72. The Morgan fingerprint density at radius 2 is 1.93 bits per heavy atom. The first-order chi connectivity index (χ1) is 6.84. The molecule has 0 spiro atoms. The quantitative estimate of drug-likeness (QED) is 0.679.